The summed E-state index contributed by atoms with van der Waals surface area (Å²) in [6.45, 7) is 0.934. The third kappa shape index (κ3) is 3.31. The first kappa shape index (κ1) is 16.2. The van der Waals surface area contributed by atoms with Crippen LogP contribution in [0.2, 0.25) is 0 Å². The van der Waals surface area contributed by atoms with E-state index >= 15 is 0 Å². The standard InChI is InChI=1S/C18H18FN3O2/c1-21-13-10-20-16(17(21)23)22-11-8-18(24,9-12-22)7-6-14-4-2-3-5-15(14)19/h2-5,10,13,24H,8-9,11-12H2,1H3. The molecule has 0 radical (unpaired) electrons. The molecule has 0 saturated carbocycles. The van der Waals surface area contributed by atoms with E-state index in [1.165, 1.54) is 10.6 Å². The Morgan fingerprint density at radius 3 is 2.71 bits per heavy atom. The number of aliphatic hydroxyl groups is 1. The highest BCUT2D eigenvalue weighted by molar-refractivity contribution is 5.40. The third-order valence-corrected chi connectivity index (χ3v) is 4.19. The van der Waals surface area contributed by atoms with Gasteiger partial charge in [0.25, 0.3) is 5.56 Å². The van der Waals surface area contributed by atoms with Gasteiger partial charge in [-0.25, -0.2) is 9.37 Å². The lowest BCUT2D eigenvalue weighted by molar-refractivity contribution is 0.0744. The van der Waals surface area contributed by atoms with Crippen molar-refractivity contribution in [1.29, 1.82) is 0 Å². The van der Waals surface area contributed by atoms with Crippen LogP contribution < -0.4 is 10.5 Å². The number of benzene rings is 1. The summed E-state index contributed by atoms with van der Waals surface area (Å²) in [4.78, 5) is 18.1. The maximum atomic E-state index is 13.6. The fourth-order valence-electron chi connectivity index (χ4n) is 2.66. The molecule has 0 aliphatic carbocycles. The monoisotopic (exact) mass is 327 g/mol. The lowest BCUT2D eigenvalue weighted by Crippen LogP contribution is -2.46. The summed E-state index contributed by atoms with van der Waals surface area (Å²) in [5.74, 6) is 5.49. The van der Waals surface area contributed by atoms with Crippen LogP contribution in [0, 0.1) is 17.7 Å². The lowest BCUT2D eigenvalue weighted by atomic mass is 9.91. The second kappa shape index (κ2) is 6.46. The summed E-state index contributed by atoms with van der Waals surface area (Å²) in [5, 5.41) is 10.6. The quantitative estimate of drug-likeness (QED) is 0.802. The van der Waals surface area contributed by atoms with Gasteiger partial charge in [-0.05, 0) is 12.1 Å². The van der Waals surface area contributed by atoms with Crippen LogP contribution >= 0.6 is 0 Å². The Hall–Kier alpha value is -2.65. The minimum absolute atomic E-state index is 0.166. The number of hydrogen-bond donors (Lipinski definition) is 1. The Balaban J connectivity index is 1.74. The highest BCUT2D eigenvalue weighted by atomic mass is 19.1. The van der Waals surface area contributed by atoms with E-state index in [4.69, 9.17) is 0 Å². The zero-order valence-electron chi connectivity index (χ0n) is 13.4. The number of nitrogens with zero attached hydrogens (tertiary/aromatic N) is 3. The molecule has 6 heteroatoms. The van der Waals surface area contributed by atoms with Crippen LogP contribution in [0.3, 0.4) is 0 Å². The van der Waals surface area contributed by atoms with Crippen molar-refractivity contribution in [1.82, 2.24) is 9.55 Å². The smallest absolute Gasteiger partial charge is 0.293 e. The van der Waals surface area contributed by atoms with Crippen LogP contribution in [-0.4, -0.2) is 33.3 Å². The van der Waals surface area contributed by atoms with Gasteiger partial charge in [0, 0.05) is 45.4 Å². The van der Waals surface area contributed by atoms with E-state index in [2.05, 4.69) is 16.8 Å². The van der Waals surface area contributed by atoms with Gasteiger partial charge in [-0.2, -0.15) is 0 Å². The van der Waals surface area contributed by atoms with Crippen molar-refractivity contribution in [3.63, 3.8) is 0 Å². The summed E-state index contributed by atoms with van der Waals surface area (Å²) in [6, 6.07) is 6.23. The largest absolute Gasteiger partial charge is 0.377 e. The summed E-state index contributed by atoms with van der Waals surface area (Å²) in [7, 11) is 1.67. The van der Waals surface area contributed by atoms with Crippen molar-refractivity contribution in [3.8, 4) is 11.8 Å². The van der Waals surface area contributed by atoms with Gasteiger partial charge in [-0.15, -0.1) is 0 Å². The zero-order chi connectivity index (χ0) is 17.2. The molecule has 0 atom stereocenters. The summed E-state index contributed by atoms with van der Waals surface area (Å²) in [5.41, 5.74) is -1.08. The first-order valence-corrected chi connectivity index (χ1v) is 7.75. The molecule has 5 nitrogen and oxygen atoms in total. The number of hydrogen-bond acceptors (Lipinski definition) is 4. The third-order valence-electron chi connectivity index (χ3n) is 4.19. The van der Waals surface area contributed by atoms with Gasteiger partial charge in [-0.1, -0.05) is 24.0 Å². The molecule has 2 aromatic rings. The second-order valence-electron chi connectivity index (χ2n) is 5.92. The van der Waals surface area contributed by atoms with Crippen LogP contribution in [0.5, 0.6) is 0 Å². The van der Waals surface area contributed by atoms with Gasteiger partial charge in [0.1, 0.15) is 11.4 Å². The maximum absolute atomic E-state index is 13.6. The molecule has 0 unspecified atom stereocenters. The number of aryl methyl sites for hydroxylation is 1. The minimum Gasteiger partial charge on any atom is -0.377 e. The molecule has 24 heavy (non-hydrogen) atoms. The van der Waals surface area contributed by atoms with Gasteiger partial charge < -0.3 is 14.6 Å². The predicted octanol–water partition coefficient (Wildman–Crippen LogP) is 1.30. The molecule has 1 saturated heterocycles. The van der Waals surface area contributed by atoms with Crippen LogP contribution in [0.25, 0.3) is 0 Å². The molecule has 0 spiro atoms. The molecular formula is C18H18FN3O2. The molecule has 1 aromatic carbocycles. The topological polar surface area (TPSA) is 58.4 Å². The number of rotatable bonds is 1. The van der Waals surface area contributed by atoms with E-state index in [0.29, 0.717) is 31.7 Å². The first-order chi connectivity index (χ1) is 11.5. The van der Waals surface area contributed by atoms with E-state index in [1.54, 1.807) is 37.6 Å². The number of aromatic nitrogens is 2. The fourth-order valence-corrected chi connectivity index (χ4v) is 2.66. The number of piperidine rings is 1. The summed E-state index contributed by atoms with van der Waals surface area (Å²) < 4.78 is 15.1. The molecular weight excluding hydrogens is 309 g/mol. The average Bonchev–Trinajstić information content (AvgIpc) is 2.58. The van der Waals surface area contributed by atoms with Crippen molar-refractivity contribution in [2.45, 2.75) is 18.4 Å². The molecule has 1 aliphatic heterocycles. The van der Waals surface area contributed by atoms with Crippen LogP contribution in [0.15, 0.2) is 41.5 Å². The average molecular weight is 327 g/mol. The van der Waals surface area contributed by atoms with E-state index in [0.717, 1.165) is 0 Å². The Morgan fingerprint density at radius 2 is 2.00 bits per heavy atom. The van der Waals surface area contributed by atoms with Gasteiger partial charge in [0.05, 0.1) is 5.56 Å². The van der Waals surface area contributed by atoms with Gasteiger partial charge in [0.2, 0.25) is 0 Å². The molecule has 1 N–H and O–H groups in total. The van der Waals surface area contributed by atoms with E-state index in [1.807, 2.05) is 4.90 Å². The summed E-state index contributed by atoms with van der Waals surface area (Å²) >= 11 is 0. The van der Waals surface area contributed by atoms with Crippen molar-refractivity contribution in [2.24, 2.45) is 7.05 Å². The second-order valence-corrected chi connectivity index (χ2v) is 5.92. The van der Waals surface area contributed by atoms with Crippen molar-refractivity contribution in [3.05, 3.63) is 58.4 Å². The molecule has 2 heterocycles. The first-order valence-electron chi connectivity index (χ1n) is 7.75. The normalized spacial score (nSPS) is 16.4. The molecule has 1 aromatic heterocycles. The minimum atomic E-state index is -1.18. The molecule has 124 valence electrons. The number of halogens is 1. The number of anilines is 1. The molecule has 3 rings (SSSR count). The maximum Gasteiger partial charge on any atom is 0.293 e. The molecule has 1 fully saturated rings. The highest BCUT2D eigenvalue weighted by Gasteiger charge is 2.31. The lowest BCUT2D eigenvalue weighted by Gasteiger charge is -2.35. The van der Waals surface area contributed by atoms with Gasteiger partial charge in [-0.3, -0.25) is 4.79 Å². The Kier molecular flexibility index (Phi) is 4.36. The van der Waals surface area contributed by atoms with Crippen molar-refractivity contribution in [2.75, 3.05) is 18.0 Å². The Labute approximate surface area is 139 Å². The molecule has 0 bridgehead atoms. The summed E-state index contributed by atoms with van der Waals surface area (Å²) in [6.07, 6.45) is 3.92. The van der Waals surface area contributed by atoms with Crippen LogP contribution in [-0.2, 0) is 7.05 Å². The Bertz CT molecular complexity index is 858. The molecule has 1 aliphatic rings. The van der Waals surface area contributed by atoms with Crippen molar-refractivity contribution < 1.29 is 9.50 Å². The SMILES string of the molecule is Cn1ccnc(N2CCC(O)(C#Cc3ccccc3F)CC2)c1=O. The highest BCUT2D eigenvalue weighted by Crippen LogP contribution is 2.23. The van der Waals surface area contributed by atoms with Crippen molar-refractivity contribution >= 4 is 5.82 Å². The van der Waals surface area contributed by atoms with E-state index in [9.17, 15) is 14.3 Å². The molecule has 0 amide bonds. The van der Waals surface area contributed by atoms with Crippen LogP contribution in [0.1, 0.15) is 18.4 Å². The van der Waals surface area contributed by atoms with E-state index in [-0.39, 0.29) is 11.1 Å². The van der Waals surface area contributed by atoms with Gasteiger partial charge in [0.15, 0.2) is 5.82 Å². The fraction of sp³-hybridized carbons (Fsp3) is 0.333. The van der Waals surface area contributed by atoms with E-state index < -0.39 is 11.4 Å². The van der Waals surface area contributed by atoms with Gasteiger partial charge >= 0.3 is 0 Å². The predicted molar refractivity (Wildman–Crippen MR) is 89.2 cm³/mol. The zero-order valence-corrected chi connectivity index (χ0v) is 13.4. The Morgan fingerprint density at radius 1 is 1.29 bits per heavy atom. The van der Waals surface area contributed by atoms with Crippen LogP contribution in [0.4, 0.5) is 10.2 Å².